The van der Waals surface area contributed by atoms with Crippen LogP contribution in [0.5, 0.6) is 0 Å². The van der Waals surface area contributed by atoms with Crippen LogP contribution < -0.4 is 4.90 Å². The largest absolute Gasteiger partial charge is 0.311 e. The molecule has 3 rings (SSSR count). The van der Waals surface area contributed by atoms with Gasteiger partial charge in [0.15, 0.2) is 0 Å². The highest BCUT2D eigenvalue weighted by atomic mass is 16.2. The number of hydrogen-bond donors (Lipinski definition) is 0. The van der Waals surface area contributed by atoms with Gasteiger partial charge in [-0.25, -0.2) is 0 Å². The van der Waals surface area contributed by atoms with Gasteiger partial charge in [-0.3, -0.25) is 4.79 Å². The fraction of sp³-hybridized carbons (Fsp3) is 0.500. The van der Waals surface area contributed by atoms with Crippen molar-refractivity contribution in [3.8, 4) is 6.07 Å². The molecular weight excluding hydrogens is 236 g/mol. The molecule has 1 fully saturated rings. The maximum Gasteiger partial charge on any atom is 0.247 e. The van der Waals surface area contributed by atoms with Crippen molar-refractivity contribution in [2.24, 2.45) is 5.41 Å². The molecule has 0 atom stereocenters. The van der Waals surface area contributed by atoms with Gasteiger partial charge in [-0.15, -0.1) is 0 Å². The molecule has 0 spiro atoms. The molecule has 0 aromatic heterocycles. The number of anilines is 1. The number of hydrogen-bond acceptors (Lipinski definition) is 2. The van der Waals surface area contributed by atoms with Crippen molar-refractivity contribution in [1.29, 1.82) is 5.26 Å². The zero-order valence-electron chi connectivity index (χ0n) is 11.3. The minimum absolute atomic E-state index is 0.0195. The van der Waals surface area contributed by atoms with Crippen molar-refractivity contribution in [2.45, 2.75) is 39.0 Å². The van der Waals surface area contributed by atoms with Gasteiger partial charge >= 0.3 is 0 Å². The molecule has 1 amide bonds. The summed E-state index contributed by atoms with van der Waals surface area (Å²) in [5.74, 6) is 0.0195. The summed E-state index contributed by atoms with van der Waals surface area (Å²) in [6, 6.07) is 8.50. The van der Waals surface area contributed by atoms with E-state index in [1.807, 2.05) is 17.0 Å². The van der Waals surface area contributed by atoms with Gasteiger partial charge in [-0.1, -0.05) is 17.7 Å². The lowest BCUT2D eigenvalue weighted by molar-refractivity contribution is -0.129. The molecule has 3 nitrogen and oxygen atoms in total. The van der Waals surface area contributed by atoms with Gasteiger partial charge in [0, 0.05) is 12.2 Å². The SMILES string of the molecule is Cc1ccc2c(c1)CCCN2C(=O)C1(C#N)CCC1. The van der Waals surface area contributed by atoms with Crippen LogP contribution in [0.15, 0.2) is 18.2 Å². The van der Waals surface area contributed by atoms with Crippen LogP contribution in [0.3, 0.4) is 0 Å². The summed E-state index contributed by atoms with van der Waals surface area (Å²) in [5, 5.41) is 9.33. The standard InChI is InChI=1S/C16H18N2O/c1-12-5-6-14-13(10-12)4-2-9-18(14)15(19)16(11-17)7-3-8-16/h5-6,10H,2-4,7-9H2,1H3. The summed E-state index contributed by atoms with van der Waals surface area (Å²) < 4.78 is 0. The molecule has 1 aliphatic carbocycles. The summed E-state index contributed by atoms with van der Waals surface area (Å²) in [7, 11) is 0. The molecule has 1 aliphatic heterocycles. The highest BCUT2D eigenvalue weighted by molar-refractivity contribution is 6.00. The van der Waals surface area contributed by atoms with Gasteiger partial charge in [0.25, 0.3) is 0 Å². The molecule has 1 aromatic rings. The van der Waals surface area contributed by atoms with Gasteiger partial charge in [-0.05, 0) is 50.7 Å². The van der Waals surface area contributed by atoms with Crippen molar-refractivity contribution in [1.82, 2.24) is 0 Å². The molecule has 0 bridgehead atoms. The molecule has 0 saturated heterocycles. The van der Waals surface area contributed by atoms with Crippen molar-refractivity contribution in [2.75, 3.05) is 11.4 Å². The number of rotatable bonds is 1. The lowest BCUT2D eigenvalue weighted by Gasteiger charge is -2.40. The van der Waals surface area contributed by atoms with Crippen LogP contribution in [0.25, 0.3) is 0 Å². The zero-order valence-corrected chi connectivity index (χ0v) is 11.3. The Balaban J connectivity index is 1.96. The zero-order chi connectivity index (χ0) is 13.5. The maximum absolute atomic E-state index is 12.7. The van der Waals surface area contributed by atoms with E-state index in [1.54, 1.807) is 0 Å². The first-order chi connectivity index (χ1) is 9.16. The average molecular weight is 254 g/mol. The Kier molecular flexibility index (Phi) is 2.82. The Hall–Kier alpha value is -1.82. The number of carbonyl (C=O) groups is 1. The van der Waals surface area contributed by atoms with Gasteiger partial charge in [0.2, 0.25) is 5.91 Å². The number of aryl methyl sites for hydroxylation is 2. The van der Waals surface area contributed by atoms with E-state index >= 15 is 0 Å². The molecule has 1 heterocycles. The molecule has 2 aliphatic rings. The van der Waals surface area contributed by atoms with Crippen LogP contribution in [0, 0.1) is 23.7 Å². The van der Waals surface area contributed by atoms with Gasteiger partial charge < -0.3 is 4.90 Å². The topological polar surface area (TPSA) is 44.1 Å². The second kappa shape index (κ2) is 4.38. The minimum atomic E-state index is -0.737. The van der Waals surface area contributed by atoms with Crippen LogP contribution in [0.1, 0.15) is 36.8 Å². The van der Waals surface area contributed by atoms with E-state index in [1.165, 1.54) is 11.1 Å². The third kappa shape index (κ3) is 1.83. The second-order valence-electron chi connectivity index (χ2n) is 5.74. The molecule has 19 heavy (non-hydrogen) atoms. The van der Waals surface area contributed by atoms with Gasteiger partial charge in [0.1, 0.15) is 5.41 Å². The quantitative estimate of drug-likeness (QED) is 0.773. The summed E-state index contributed by atoms with van der Waals surface area (Å²) in [4.78, 5) is 14.5. The monoisotopic (exact) mass is 254 g/mol. The summed E-state index contributed by atoms with van der Waals surface area (Å²) in [5.41, 5.74) is 2.75. The van der Waals surface area contributed by atoms with Crippen LogP contribution in [-0.4, -0.2) is 12.5 Å². The minimum Gasteiger partial charge on any atom is -0.311 e. The number of benzene rings is 1. The van der Waals surface area contributed by atoms with E-state index in [0.29, 0.717) is 0 Å². The first-order valence-corrected chi connectivity index (χ1v) is 6.99. The highest BCUT2D eigenvalue weighted by Gasteiger charge is 2.47. The van der Waals surface area contributed by atoms with Crippen molar-refractivity contribution in [3.63, 3.8) is 0 Å². The number of amides is 1. The summed E-state index contributed by atoms with van der Waals surface area (Å²) >= 11 is 0. The Labute approximate surface area is 113 Å². The lowest BCUT2D eigenvalue weighted by atomic mass is 9.68. The number of nitrogens with zero attached hydrogens (tertiary/aromatic N) is 2. The molecule has 0 unspecified atom stereocenters. The van der Waals surface area contributed by atoms with Crippen LogP contribution in [0.2, 0.25) is 0 Å². The predicted molar refractivity (Wildman–Crippen MR) is 73.8 cm³/mol. The normalized spacial score (nSPS) is 20.1. The highest BCUT2D eigenvalue weighted by Crippen LogP contribution is 2.43. The van der Waals surface area contributed by atoms with Crippen molar-refractivity contribution < 1.29 is 4.79 Å². The fourth-order valence-electron chi connectivity index (χ4n) is 3.10. The first kappa shape index (κ1) is 12.2. The first-order valence-electron chi connectivity index (χ1n) is 6.99. The van der Waals surface area contributed by atoms with Crippen LogP contribution in [-0.2, 0) is 11.2 Å². The van der Waals surface area contributed by atoms with E-state index < -0.39 is 5.41 Å². The number of carbonyl (C=O) groups excluding carboxylic acids is 1. The average Bonchev–Trinajstić information content (AvgIpc) is 2.37. The van der Waals surface area contributed by atoms with Crippen LogP contribution >= 0.6 is 0 Å². The molecule has 1 saturated carbocycles. The molecular formula is C16H18N2O. The van der Waals surface area contributed by atoms with E-state index in [2.05, 4.69) is 19.1 Å². The molecule has 3 heteroatoms. The Morgan fingerprint density at radius 1 is 1.37 bits per heavy atom. The maximum atomic E-state index is 12.7. The van der Waals surface area contributed by atoms with E-state index in [4.69, 9.17) is 0 Å². The molecule has 0 radical (unpaired) electrons. The van der Waals surface area contributed by atoms with E-state index in [0.717, 1.165) is 44.3 Å². The number of fused-ring (bicyclic) bond motifs is 1. The summed E-state index contributed by atoms with van der Waals surface area (Å²) in [6.45, 7) is 2.82. The Morgan fingerprint density at radius 2 is 2.16 bits per heavy atom. The lowest BCUT2D eigenvalue weighted by Crippen LogP contribution is -2.49. The van der Waals surface area contributed by atoms with Crippen molar-refractivity contribution in [3.05, 3.63) is 29.3 Å². The van der Waals surface area contributed by atoms with E-state index in [-0.39, 0.29) is 5.91 Å². The van der Waals surface area contributed by atoms with Crippen LogP contribution in [0.4, 0.5) is 5.69 Å². The number of nitriles is 1. The predicted octanol–water partition coefficient (Wildman–Crippen LogP) is 2.97. The van der Waals surface area contributed by atoms with Gasteiger partial charge in [-0.2, -0.15) is 5.26 Å². The van der Waals surface area contributed by atoms with Crippen molar-refractivity contribution >= 4 is 11.6 Å². The molecule has 1 aromatic carbocycles. The van der Waals surface area contributed by atoms with E-state index in [9.17, 15) is 10.1 Å². The Bertz CT molecular complexity index is 567. The third-order valence-electron chi connectivity index (χ3n) is 4.43. The Morgan fingerprint density at radius 3 is 2.79 bits per heavy atom. The van der Waals surface area contributed by atoms with Gasteiger partial charge in [0.05, 0.1) is 6.07 Å². The smallest absolute Gasteiger partial charge is 0.247 e. The fourth-order valence-corrected chi connectivity index (χ4v) is 3.10. The molecule has 98 valence electrons. The second-order valence-corrected chi connectivity index (χ2v) is 5.74. The molecule has 0 N–H and O–H groups in total. The third-order valence-corrected chi connectivity index (χ3v) is 4.43. The summed E-state index contributed by atoms with van der Waals surface area (Å²) in [6.07, 6.45) is 4.46.